The number of allylic oxidation sites excluding steroid dienone is 1. The number of benzene rings is 4. The van der Waals surface area contributed by atoms with Gasteiger partial charge in [-0.15, -0.1) is 0 Å². The largest absolute Gasteiger partial charge is 0.377 e. The van der Waals surface area contributed by atoms with E-state index in [1.54, 1.807) is 5.57 Å². The molecule has 3 saturated carbocycles. The molecule has 0 aromatic heterocycles. The highest BCUT2D eigenvalue weighted by atomic mass is 31.2. The first-order valence-electron chi connectivity index (χ1n) is 22.6. The average Bonchev–Trinajstić information content (AvgIpc) is 3.60. The van der Waals surface area contributed by atoms with Gasteiger partial charge in [0, 0.05) is 22.7 Å². The Hall–Kier alpha value is -2.60. The quantitative estimate of drug-likeness (QED) is 0.0877. The lowest BCUT2D eigenvalue weighted by Gasteiger charge is -2.58. The molecule has 0 radical (unpaired) electrons. The van der Waals surface area contributed by atoms with Gasteiger partial charge in [-0.1, -0.05) is 187 Å². The molecule has 0 amide bonds. The van der Waals surface area contributed by atoms with Gasteiger partial charge < -0.3 is 4.74 Å². The zero-order chi connectivity index (χ0) is 39.4. The summed E-state index contributed by atoms with van der Waals surface area (Å²) in [5.74, 6) is 5.27. The lowest BCUT2D eigenvalue weighted by molar-refractivity contribution is -0.0638. The van der Waals surface area contributed by atoms with Crippen LogP contribution in [0, 0.1) is 46.3 Å². The first kappa shape index (κ1) is 41.1. The van der Waals surface area contributed by atoms with E-state index < -0.39 is 16.1 Å². The van der Waals surface area contributed by atoms with Crippen molar-refractivity contribution in [2.24, 2.45) is 46.3 Å². The van der Waals surface area contributed by atoms with Crippen LogP contribution in [0.3, 0.4) is 0 Å². The monoisotopic (exact) mass is 797 g/mol. The second-order valence-corrected chi connectivity index (χ2v) is 23.7. The SMILES string of the molecule is CC(C)CCC[C@@H](C)[C@H]1CCC2C3CC=C4C[C@@H](OCCN(P(c5ccccc5)c5ccccc5)P(c5ccccc5)c5ccccc5)CC[C@]4(C)C3CC[C@@]21C. The Morgan fingerprint density at radius 3 is 1.72 bits per heavy atom. The minimum atomic E-state index is -0.812. The third-order valence-electron chi connectivity index (χ3n) is 15.4. The van der Waals surface area contributed by atoms with Crippen molar-refractivity contribution in [3.8, 4) is 0 Å². The van der Waals surface area contributed by atoms with E-state index >= 15 is 0 Å². The van der Waals surface area contributed by atoms with Crippen LogP contribution in [0.15, 0.2) is 133 Å². The van der Waals surface area contributed by atoms with E-state index in [1.165, 1.54) is 85.4 Å². The van der Waals surface area contributed by atoms with Gasteiger partial charge in [0.2, 0.25) is 0 Å². The zero-order valence-corrected chi connectivity index (χ0v) is 37.4. The van der Waals surface area contributed by atoms with Crippen molar-refractivity contribution in [1.29, 1.82) is 0 Å². The maximum Gasteiger partial charge on any atom is 0.0613 e. The highest BCUT2D eigenvalue weighted by Gasteiger charge is 2.59. The predicted octanol–water partition coefficient (Wildman–Crippen LogP) is 12.8. The van der Waals surface area contributed by atoms with Crippen molar-refractivity contribution in [2.45, 2.75) is 111 Å². The van der Waals surface area contributed by atoms with Crippen LogP contribution in [0.5, 0.6) is 0 Å². The van der Waals surface area contributed by atoms with Gasteiger partial charge in [0.1, 0.15) is 0 Å². The lowest BCUT2D eigenvalue weighted by Crippen LogP contribution is -2.51. The van der Waals surface area contributed by atoms with Crippen LogP contribution >= 0.6 is 16.1 Å². The number of ether oxygens (including phenoxy) is 1. The van der Waals surface area contributed by atoms with Gasteiger partial charge in [-0.3, -0.25) is 0 Å². The van der Waals surface area contributed by atoms with Gasteiger partial charge in [-0.25, -0.2) is 4.44 Å². The number of rotatable bonds is 15. The molecule has 3 unspecified atom stereocenters. The van der Waals surface area contributed by atoms with Gasteiger partial charge in [0.25, 0.3) is 0 Å². The molecule has 0 spiro atoms. The molecule has 4 aliphatic rings. The lowest BCUT2D eigenvalue weighted by atomic mass is 9.47. The molecular weight excluding hydrogens is 729 g/mol. The highest BCUT2D eigenvalue weighted by molar-refractivity contribution is 7.84. The standard InChI is InChI=1S/C53H69NOP2/c1-40(2)19-18-20-41(3)49-31-32-50-48-30-29-42-39-43(33-35-52(42,4)51(48)34-36-53(49,50)5)55-38-37-54(56(44-21-10-6-11-22-44)45-23-12-7-13-24-45)57(46-25-14-8-15-26-46)47-27-16-9-17-28-47/h6-17,21-29,40-41,43,48-51H,18-20,30-39H2,1-5H3/t41-,43+,48?,49-,50?,51?,52+,53-/m1/s1. The third kappa shape index (κ3) is 8.69. The van der Waals surface area contributed by atoms with E-state index in [-0.39, 0.29) is 0 Å². The summed E-state index contributed by atoms with van der Waals surface area (Å²) in [4.78, 5) is 0. The van der Waals surface area contributed by atoms with Gasteiger partial charge >= 0.3 is 0 Å². The molecule has 0 heterocycles. The maximum absolute atomic E-state index is 7.10. The number of hydrogen-bond donors (Lipinski definition) is 0. The van der Waals surface area contributed by atoms with Crippen LogP contribution < -0.4 is 21.2 Å². The van der Waals surface area contributed by atoms with Crippen molar-refractivity contribution < 1.29 is 4.74 Å². The second-order valence-electron chi connectivity index (χ2n) is 19.1. The number of fused-ring (bicyclic) bond motifs is 5. The predicted molar refractivity (Wildman–Crippen MR) is 248 cm³/mol. The van der Waals surface area contributed by atoms with Crippen molar-refractivity contribution in [3.05, 3.63) is 133 Å². The molecule has 8 atom stereocenters. The molecule has 3 fully saturated rings. The van der Waals surface area contributed by atoms with E-state index in [0.29, 0.717) is 16.9 Å². The molecule has 4 aromatic carbocycles. The summed E-state index contributed by atoms with van der Waals surface area (Å²) < 4.78 is 9.94. The third-order valence-corrected chi connectivity index (χ3v) is 20.9. The summed E-state index contributed by atoms with van der Waals surface area (Å²) in [5, 5.41) is 5.58. The van der Waals surface area contributed by atoms with Crippen LogP contribution in [0.1, 0.15) is 105 Å². The molecule has 302 valence electrons. The highest BCUT2D eigenvalue weighted by Crippen LogP contribution is 2.67. The van der Waals surface area contributed by atoms with E-state index in [4.69, 9.17) is 4.74 Å². The molecule has 4 heteroatoms. The Bertz CT molecular complexity index is 1720. The fourth-order valence-corrected chi connectivity index (χ4v) is 18.5. The Balaban J connectivity index is 0.999. The van der Waals surface area contributed by atoms with Gasteiger partial charge in [-0.2, -0.15) is 0 Å². The molecule has 2 nitrogen and oxygen atoms in total. The molecule has 0 bridgehead atoms. The normalized spacial score (nSPS) is 28.9. The summed E-state index contributed by atoms with van der Waals surface area (Å²) >= 11 is 0. The number of hydrogen-bond acceptors (Lipinski definition) is 2. The van der Waals surface area contributed by atoms with Crippen LogP contribution in [0.25, 0.3) is 0 Å². The zero-order valence-electron chi connectivity index (χ0n) is 35.6. The maximum atomic E-state index is 7.10. The molecule has 57 heavy (non-hydrogen) atoms. The van der Waals surface area contributed by atoms with E-state index in [1.807, 2.05) is 0 Å². The Morgan fingerprint density at radius 2 is 1.19 bits per heavy atom. The molecule has 0 saturated heterocycles. The molecule has 4 aliphatic carbocycles. The first-order chi connectivity index (χ1) is 27.8. The van der Waals surface area contributed by atoms with Crippen molar-refractivity contribution in [3.63, 3.8) is 0 Å². The molecule has 0 aliphatic heterocycles. The van der Waals surface area contributed by atoms with Crippen molar-refractivity contribution >= 4 is 37.4 Å². The minimum Gasteiger partial charge on any atom is -0.377 e. The van der Waals surface area contributed by atoms with Gasteiger partial charge in [0.05, 0.1) is 12.7 Å². The Morgan fingerprint density at radius 1 is 0.649 bits per heavy atom. The van der Waals surface area contributed by atoms with Crippen LogP contribution in [0.4, 0.5) is 0 Å². The summed E-state index contributed by atoms with van der Waals surface area (Å²) in [6.07, 6.45) is 18.0. The first-order valence-corrected chi connectivity index (χ1v) is 25.2. The molecule has 0 N–H and O–H groups in total. The van der Waals surface area contributed by atoms with Gasteiger partial charge in [-0.05, 0) is 119 Å². The molecule has 4 aromatic rings. The summed E-state index contributed by atoms with van der Waals surface area (Å²) in [6, 6.07) is 45.0. The van der Waals surface area contributed by atoms with Crippen molar-refractivity contribution in [1.82, 2.24) is 4.44 Å². The van der Waals surface area contributed by atoms with Crippen molar-refractivity contribution in [2.75, 3.05) is 13.2 Å². The average molecular weight is 798 g/mol. The van der Waals surface area contributed by atoms with Crippen LogP contribution in [0.2, 0.25) is 0 Å². The van der Waals surface area contributed by atoms with Crippen LogP contribution in [-0.4, -0.2) is 23.7 Å². The summed E-state index contributed by atoms with van der Waals surface area (Å²) in [6.45, 7) is 14.4. The van der Waals surface area contributed by atoms with E-state index in [0.717, 1.165) is 55.1 Å². The fraction of sp³-hybridized carbons (Fsp3) is 0.509. The minimum absolute atomic E-state index is 0.304. The van der Waals surface area contributed by atoms with Gasteiger partial charge in [0.15, 0.2) is 0 Å². The number of nitrogens with zero attached hydrogens (tertiary/aromatic N) is 1. The summed E-state index contributed by atoms with van der Waals surface area (Å²) in [7, 11) is -1.62. The van der Waals surface area contributed by atoms with E-state index in [2.05, 4.69) is 166 Å². The fourth-order valence-electron chi connectivity index (χ4n) is 12.5. The molecule has 8 rings (SSSR count). The second kappa shape index (κ2) is 18.3. The summed E-state index contributed by atoms with van der Waals surface area (Å²) in [5.41, 5.74) is 2.63. The topological polar surface area (TPSA) is 12.5 Å². The molecular formula is C53H69NOP2. The van der Waals surface area contributed by atoms with E-state index in [9.17, 15) is 0 Å². The Kier molecular flexibility index (Phi) is 13.2. The van der Waals surface area contributed by atoms with Crippen LogP contribution in [-0.2, 0) is 4.74 Å². The smallest absolute Gasteiger partial charge is 0.0613 e. The Labute approximate surface area is 348 Å².